The van der Waals surface area contributed by atoms with Crippen LogP contribution in [0.3, 0.4) is 0 Å². The second kappa shape index (κ2) is 8.67. The molecule has 1 amide bonds. The molecule has 0 bridgehead atoms. The van der Waals surface area contributed by atoms with Gasteiger partial charge in [-0.15, -0.1) is 0 Å². The Morgan fingerprint density at radius 2 is 1.58 bits per heavy atom. The van der Waals surface area contributed by atoms with Crippen molar-refractivity contribution in [3.8, 4) is 0 Å². The number of hydrogen-bond acceptors (Lipinski definition) is 4. The van der Waals surface area contributed by atoms with Crippen LogP contribution in [0, 0.1) is 0 Å². The zero-order chi connectivity index (χ0) is 22.8. The molecule has 0 radical (unpaired) electrons. The monoisotopic (exact) mass is 457 g/mol. The fourth-order valence-electron chi connectivity index (χ4n) is 4.25. The summed E-state index contributed by atoms with van der Waals surface area (Å²) in [5.41, 5.74) is 3.74. The lowest BCUT2D eigenvalue weighted by Crippen LogP contribution is -2.28. The number of carbonyl (C=O) groups is 1. The van der Waals surface area contributed by atoms with E-state index >= 15 is 0 Å². The van der Waals surface area contributed by atoms with Crippen molar-refractivity contribution in [1.29, 1.82) is 0 Å². The molecule has 0 spiro atoms. The zero-order valence-electron chi connectivity index (χ0n) is 17.9. The number of aromatic nitrogens is 1. The second-order valence-corrected chi connectivity index (χ2v) is 9.92. The largest absolute Gasteiger partial charge is 0.326 e. The summed E-state index contributed by atoms with van der Waals surface area (Å²) < 4.78 is 27.5. The summed E-state index contributed by atoms with van der Waals surface area (Å²) in [6.45, 7) is 0.258. The normalized spacial score (nSPS) is 13.9. The maximum Gasteiger partial charge on any atom is 0.265 e. The molecule has 7 heteroatoms. The lowest BCUT2D eigenvalue weighted by atomic mass is 10.1. The molecule has 0 saturated heterocycles. The van der Waals surface area contributed by atoms with E-state index in [1.54, 1.807) is 24.5 Å². The number of nitrogens with one attached hydrogen (secondary N) is 1. The van der Waals surface area contributed by atoms with Crippen LogP contribution in [0.4, 0.5) is 11.4 Å². The van der Waals surface area contributed by atoms with E-state index < -0.39 is 10.0 Å². The summed E-state index contributed by atoms with van der Waals surface area (Å²) in [5.74, 6) is -0.135. The van der Waals surface area contributed by atoms with Gasteiger partial charge < -0.3 is 5.32 Å². The van der Waals surface area contributed by atoms with Gasteiger partial charge in [0.05, 0.1) is 10.6 Å². The van der Waals surface area contributed by atoms with Crippen molar-refractivity contribution in [3.05, 3.63) is 96.3 Å². The van der Waals surface area contributed by atoms with Crippen molar-refractivity contribution in [2.45, 2.75) is 24.2 Å². The minimum atomic E-state index is -3.59. The standard InChI is InChI=1S/C26H23N3O3S/c30-25(28-22-11-9-19(10-12-22)18-20-13-15-27-16-14-20)8-3-17-29-23-6-1-4-21-5-2-7-24(26(21)23)33(29,31)32/h1-2,4-7,9-16H,3,8,17-18H2,(H,28,30). The first kappa shape index (κ1) is 21.2. The lowest BCUT2D eigenvalue weighted by Gasteiger charge is -2.18. The van der Waals surface area contributed by atoms with E-state index in [1.807, 2.05) is 60.7 Å². The molecule has 0 aliphatic carbocycles. The summed E-state index contributed by atoms with van der Waals surface area (Å²) in [6, 6.07) is 22.6. The van der Waals surface area contributed by atoms with Gasteiger partial charge in [0.25, 0.3) is 10.0 Å². The molecule has 33 heavy (non-hydrogen) atoms. The molecule has 1 aliphatic rings. The summed E-state index contributed by atoms with van der Waals surface area (Å²) in [4.78, 5) is 16.8. The Balaban J connectivity index is 1.18. The van der Waals surface area contributed by atoms with Gasteiger partial charge in [-0.05, 0) is 65.8 Å². The van der Waals surface area contributed by atoms with Crippen LogP contribution in [0.2, 0.25) is 0 Å². The topological polar surface area (TPSA) is 79.4 Å². The summed E-state index contributed by atoms with van der Waals surface area (Å²) in [5, 5.41) is 4.56. The number of benzene rings is 3. The molecule has 1 aromatic heterocycles. The lowest BCUT2D eigenvalue weighted by molar-refractivity contribution is -0.116. The number of nitrogens with zero attached hydrogens (tertiary/aromatic N) is 2. The van der Waals surface area contributed by atoms with Gasteiger partial charge in [-0.25, -0.2) is 8.42 Å². The number of rotatable bonds is 7. The molecule has 0 fully saturated rings. The van der Waals surface area contributed by atoms with Crippen LogP contribution < -0.4 is 9.62 Å². The Bertz CT molecular complexity index is 1410. The minimum Gasteiger partial charge on any atom is -0.326 e. The fraction of sp³-hybridized carbons (Fsp3) is 0.154. The molecule has 1 aliphatic heterocycles. The number of amides is 1. The average Bonchev–Trinajstić information content (AvgIpc) is 3.04. The third kappa shape index (κ3) is 4.19. The van der Waals surface area contributed by atoms with Gasteiger partial charge in [-0.2, -0.15) is 0 Å². The van der Waals surface area contributed by atoms with Crippen LogP contribution in [0.5, 0.6) is 0 Å². The highest BCUT2D eigenvalue weighted by Crippen LogP contribution is 2.41. The number of sulfonamides is 1. The van der Waals surface area contributed by atoms with Crippen LogP contribution in [0.1, 0.15) is 24.0 Å². The van der Waals surface area contributed by atoms with Crippen molar-refractivity contribution in [2.24, 2.45) is 0 Å². The van der Waals surface area contributed by atoms with Crippen LogP contribution in [-0.2, 0) is 21.2 Å². The predicted octanol–water partition coefficient (Wildman–Crippen LogP) is 4.75. The molecule has 5 rings (SSSR count). The highest BCUT2D eigenvalue weighted by molar-refractivity contribution is 7.93. The highest BCUT2D eigenvalue weighted by atomic mass is 32.2. The van der Waals surface area contributed by atoms with Crippen molar-refractivity contribution in [2.75, 3.05) is 16.2 Å². The summed E-state index contributed by atoms with van der Waals surface area (Å²) in [6.07, 6.45) is 5.01. The maximum absolute atomic E-state index is 13.0. The number of carbonyl (C=O) groups excluding carboxylic acids is 1. The Morgan fingerprint density at radius 1 is 0.879 bits per heavy atom. The van der Waals surface area contributed by atoms with Gasteiger partial charge in [0.1, 0.15) is 0 Å². The summed E-state index contributed by atoms with van der Waals surface area (Å²) in [7, 11) is -3.59. The second-order valence-electron chi connectivity index (χ2n) is 8.09. The van der Waals surface area contributed by atoms with Crippen LogP contribution in [0.25, 0.3) is 10.8 Å². The molecule has 2 heterocycles. The molecule has 0 atom stereocenters. The van der Waals surface area contributed by atoms with Crippen molar-refractivity contribution in [3.63, 3.8) is 0 Å². The van der Waals surface area contributed by atoms with Crippen molar-refractivity contribution in [1.82, 2.24) is 4.98 Å². The predicted molar refractivity (Wildman–Crippen MR) is 130 cm³/mol. The SMILES string of the molecule is O=C(CCCN1c2cccc3cccc(c23)S1(=O)=O)Nc1ccc(Cc2ccncc2)cc1. The Kier molecular flexibility index (Phi) is 5.56. The molecule has 3 aromatic carbocycles. The minimum absolute atomic E-state index is 0.135. The molecule has 0 saturated carbocycles. The van der Waals surface area contributed by atoms with E-state index in [4.69, 9.17) is 0 Å². The number of pyridine rings is 1. The van der Waals surface area contributed by atoms with Gasteiger partial charge in [0, 0.05) is 36.4 Å². The van der Waals surface area contributed by atoms with Crippen molar-refractivity contribution >= 4 is 38.1 Å². The van der Waals surface area contributed by atoms with Gasteiger partial charge in [-0.3, -0.25) is 14.1 Å². The fourth-order valence-corrected chi connectivity index (χ4v) is 6.00. The third-order valence-corrected chi connectivity index (χ3v) is 7.70. The molecular weight excluding hydrogens is 434 g/mol. The van der Waals surface area contributed by atoms with E-state index in [0.29, 0.717) is 17.0 Å². The van der Waals surface area contributed by atoms with Gasteiger partial charge in [0.15, 0.2) is 0 Å². The molecule has 0 unspecified atom stereocenters. The highest BCUT2D eigenvalue weighted by Gasteiger charge is 2.35. The molecule has 166 valence electrons. The average molecular weight is 458 g/mol. The van der Waals surface area contributed by atoms with Crippen molar-refractivity contribution < 1.29 is 13.2 Å². The molecule has 4 aromatic rings. The third-order valence-electron chi connectivity index (χ3n) is 5.84. The quantitative estimate of drug-likeness (QED) is 0.434. The van der Waals surface area contributed by atoms with E-state index in [0.717, 1.165) is 28.4 Å². The first-order valence-corrected chi connectivity index (χ1v) is 12.3. The van der Waals surface area contributed by atoms with E-state index in [-0.39, 0.29) is 18.9 Å². The van der Waals surface area contributed by atoms with Gasteiger partial charge >= 0.3 is 0 Å². The number of anilines is 2. The molecule has 1 N–H and O–H groups in total. The molecular formula is C26H23N3O3S. The van der Waals surface area contributed by atoms with Gasteiger partial charge in [-0.1, -0.05) is 36.4 Å². The summed E-state index contributed by atoms with van der Waals surface area (Å²) >= 11 is 0. The maximum atomic E-state index is 13.0. The van der Waals surface area contributed by atoms with Gasteiger partial charge in [0.2, 0.25) is 5.91 Å². The zero-order valence-corrected chi connectivity index (χ0v) is 18.8. The number of hydrogen-bond donors (Lipinski definition) is 1. The Hall–Kier alpha value is -3.71. The Labute approximate surface area is 192 Å². The first-order valence-electron chi connectivity index (χ1n) is 10.8. The Morgan fingerprint density at radius 3 is 2.33 bits per heavy atom. The van der Waals surface area contributed by atoms with Crippen LogP contribution >= 0.6 is 0 Å². The van der Waals surface area contributed by atoms with E-state index in [9.17, 15) is 13.2 Å². The smallest absolute Gasteiger partial charge is 0.265 e. The molecule has 6 nitrogen and oxygen atoms in total. The van der Waals surface area contributed by atoms with E-state index in [2.05, 4.69) is 10.3 Å². The van der Waals surface area contributed by atoms with Crippen LogP contribution in [-0.4, -0.2) is 25.9 Å². The van der Waals surface area contributed by atoms with Crippen LogP contribution in [0.15, 0.2) is 90.1 Å². The van der Waals surface area contributed by atoms with E-state index in [1.165, 1.54) is 9.87 Å². The first-order chi connectivity index (χ1) is 16.0.